The van der Waals surface area contributed by atoms with Crippen LogP contribution in [0.25, 0.3) is 0 Å². The number of nitrogens with one attached hydrogen (secondary N) is 1. The van der Waals surface area contributed by atoms with E-state index in [1.165, 1.54) is 11.8 Å². The molecule has 20 heavy (non-hydrogen) atoms. The lowest BCUT2D eigenvalue weighted by molar-refractivity contribution is -0.113. The number of amides is 1. The van der Waals surface area contributed by atoms with Crippen LogP contribution in [0.15, 0.2) is 56.3 Å². The van der Waals surface area contributed by atoms with E-state index in [9.17, 15) is 4.79 Å². The highest BCUT2D eigenvalue weighted by molar-refractivity contribution is 9.11. The Morgan fingerprint density at radius 1 is 1.15 bits per heavy atom. The highest BCUT2D eigenvalue weighted by Gasteiger charge is 2.10. The van der Waals surface area contributed by atoms with E-state index in [0.717, 1.165) is 13.8 Å². The molecule has 0 aliphatic heterocycles. The maximum Gasteiger partial charge on any atom is 0.234 e. The van der Waals surface area contributed by atoms with Crippen LogP contribution in [0.3, 0.4) is 0 Å². The number of anilines is 2. The Morgan fingerprint density at radius 3 is 2.35 bits per heavy atom. The topological polar surface area (TPSA) is 55.1 Å². The number of hydrogen-bond donors (Lipinski definition) is 2. The first-order chi connectivity index (χ1) is 9.56. The SMILES string of the molecule is Nc1cc(Br)c(NC(=O)CSc2ccccc2)c(Br)c1. The zero-order valence-corrected chi connectivity index (χ0v) is 14.4. The third-order valence-corrected chi connectivity index (χ3v) is 4.70. The molecule has 0 aliphatic rings. The van der Waals surface area contributed by atoms with Crippen molar-refractivity contribution in [3.05, 3.63) is 51.4 Å². The predicted octanol–water partition coefficient (Wildman–Crippen LogP) is 4.52. The number of halogens is 2. The molecule has 0 unspecified atom stereocenters. The van der Waals surface area contributed by atoms with E-state index in [2.05, 4.69) is 37.2 Å². The monoisotopic (exact) mass is 414 g/mol. The van der Waals surface area contributed by atoms with Crippen molar-refractivity contribution >= 4 is 60.9 Å². The van der Waals surface area contributed by atoms with Crippen molar-refractivity contribution in [1.29, 1.82) is 0 Å². The van der Waals surface area contributed by atoms with Crippen molar-refractivity contribution in [3.8, 4) is 0 Å². The molecule has 0 aliphatic carbocycles. The first-order valence-corrected chi connectivity index (χ1v) is 8.35. The van der Waals surface area contributed by atoms with E-state index >= 15 is 0 Å². The molecule has 3 N–H and O–H groups in total. The van der Waals surface area contributed by atoms with Crippen LogP contribution in [0, 0.1) is 0 Å². The third kappa shape index (κ3) is 4.26. The standard InChI is InChI=1S/C14H12Br2N2OS/c15-11-6-9(17)7-12(16)14(11)18-13(19)8-20-10-4-2-1-3-5-10/h1-7H,8,17H2,(H,18,19). The van der Waals surface area contributed by atoms with E-state index < -0.39 is 0 Å². The zero-order valence-electron chi connectivity index (χ0n) is 10.4. The summed E-state index contributed by atoms with van der Waals surface area (Å²) in [6.45, 7) is 0. The van der Waals surface area contributed by atoms with Gasteiger partial charge in [0.25, 0.3) is 0 Å². The zero-order chi connectivity index (χ0) is 14.5. The quantitative estimate of drug-likeness (QED) is 0.569. The highest BCUT2D eigenvalue weighted by Crippen LogP contribution is 2.33. The van der Waals surface area contributed by atoms with Gasteiger partial charge in [0.1, 0.15) is 0 Å². The van der Waals surface area contributed by atoms with Crippen LogP contribution in [0.1, 0.15) is 0 Å². The van der Waals surface area contributed by atoms with E-state index in [4.69, 9.17) is 5.73 Å². The summed E-state index contributed by atoms with van der Waals surface area (Å²) in [6.07, 6.45) is 0. The van der Waals surface area contributed by atoms with Gasteiger partial charge in [-0.3, -0.25) is 4.79 Å². The van der Waals surface area contributed by atoms with Crippen molar-refractivity contribution < 1.29 is 4.79 Å². The number of thioether (sulfide) groups is 1. The average molecular weight is 416 g/mol. The van der Waals surface area contributed by atoms with Gasteiger partial charge in [-0.2, -0.15) is 0 Å². The second-order valence-corrected chi connectivity index (χ2v) is 6.77. The van der Waals surface area contributed by atoms with E-state index in [1.807, 2.05) is 30.3 Å². The van der Waals surface area contributed by atoms with Gasteiger partial charge >= 0.3 is 0 Å². The van der Waals surface area contributed by atoms with Crippen LogP contribution >= 0.6 is 43.6 Å². The molecule has 0 radical (unpaired) electrons. The van der Waals surface area contributed by atoms with Crippen molar-refractivity contribution in [1.82, 2.24) is 0 Å². The minimum Gasteiger partial charge on any atom is -0.399 e. The summed E-state index contributed by atoms with van der Waals surface area (Å²) in [7, 11) is 0. The number of carbonyl (C=O) groups excluding carboxylic acids is 1. The molecule has 0 fully saturated rings. The molecule has 2 aromatic carbocycles. The molecule has 104 valence electrons. The molecule has 2 aromatic rings. The molecule has 0 spiro atoms. The first-order valence-electron chi connectivity index (χ1n) is 5.78. The van der Waals surface area contributed by atoms with Crippen molar-refractivity contribution in [3.63, 3.8) is 0 Å². The summed E-state index contributed by atoms with van der Waals surface area (Å²) in [6, 6.07) is 13.3. The molecule has 0 bridgehead atoms. The maximum atomic E-state index is 12.0. The van der Waals surface area contributed by atoms with Gasteiger partial charge in [-0.1, -0.05) is 18.2 Å². The largest absolute Gasteiger partial charge is 0.399 e. The molecule has 3 nitrogen and oxygen atoms in total. The van der Waals surface area contributed by atoms with Crippen molar-refractivity contribution in [2.75, 3.05) is 16.8 Å². The molecule has 0 atom stereocenters. The Labute approximate surface area is 138 Å². The molecule has 6 heteroatoms. The van der Waals surface area contributed by atoms with Crippen LogP contribution < -0.4 is 11.1 Å². The molecule has 2 rings (SSSR count). The number of nitrogen functional groups attached to an aromatic ring is 1. The Morgan fingerprint density at radius 2 is 1.75 bits per heavy atom. The van der Waals surface area contributed by atoms with Gasteiger partial charge in [0.05, 0.1) is 11.4 Å². The van der Waals surface area contributed by atoms with E-state index in [1.54, 1.807) is 12.1 Å². The fraction of sp³-hybridized carbons (Fsp3) is 0.0714. The second-order valence-electron chi connectivity index (χ2n) is 4.01. The van der Waals surface area contributed by atoms with Crippen LogP contribution in [0.5, 0.6) is 0 Å². The summed E-state index contributed by atoms with van der Waals surface area (Å²) in [5.41, 5.74) is 7.03. The number of benzene rings is 2. The Balaban J connectivity index is 1.98. The van der Waals surface area contributed by atoms with Gasteiger partial charge in [0, 0.05) is 19.5 Å². The maximum absolute atomic E-state index is 12.0. The third-order valence-electron chi connectivity index (χ3n) is 2.44. The first kappa shape index (κ1) is 15.4. The van der Waals surface area contributed by atoms with Gasteiger partial charge in [-0.15, -0.1) is 11.8 Å². The number of rotatable bonds is 4. The predicted molar refractivity (Wildman–Crippen MR) is 92.1 cm³/mol. The van der Waals surface area contributed by atoms with E-state index in [-0.39, 0.29) is 5.91 Å². The van der Waals surface area contributed by atoms with Gasteiger partial charge in [0.15, 0.2) is 0 Å². The average Bonchev–Trinajstić information content (AvgIpc) is 2.42. The summed E-state index contributed by atoms with van der Waals surface area (Å²) < 4.78 is 1.50. The Hall–Kier alpha value is -0.980. The fourth-order valence-corrected chi connectivity index (χ4v) is 3.69. The smallest absolute Gasteiger partial charge is 0.234 e. The minimum atomic E-state index is -0.0648. The highest BCUT2D eigenvalue weighted by atomic mass is 79.9. The number of carbonyl (C=O) groups is 1. The van der Waals surface area contributed by atoms with Gasteiger partial charge in [0.2, 0.25) is 5.91 Å². The molecular weight excluding hydrogens is 404 g/mol. The normalized spacial score (nSPS) is 10.3. The molecule has 0 saturated heterocycles. The Kier molecular flexibility index (Phi) is 5.51. The lowest BCUT2D eigenvalue weighted by Crippen LogP contribution is -2.15. The molecular formula is C14H12Br2N2OS. The summed E-state index contributed by atoms with van der Waals surface area (Å²) in [5.74, 6) is 0.290. The van der Waals surface area contributed by atoms with Crippen LogP contribution in [-0.2, 0) is 4.79 Å². The molecule has 1 amide bonds. The second kappa shape index (κ2) is 7.15. The van der Waals surface area contributed by atoms with Crippen molar-refractivity contribution in [2.24, 2.45) is 0 Å². The van der Waals surface area contributed by atoms with Crippen LogP contribution in [0.2, 0.25) is 0 Å². The van der Waals surface area contributed by atoms with Crippen LogP contribution in [0.4, 0.5) is 11.4 Å². The minimum absolute atomic E-state index is 0.0648. The molecule has 0 heterocycles. The van der Waals surface area contributed by atoms with E-state index in [0.29, 0.717) is 17.1 Å². The number of hydrogen-bond acceptors (Lipinski definition) is 3. The van der Waals surface area contributed by atoms with Gasteiger partial charge in [-0.25, -0.2) is 0 Å². The summed E-state index contributed by atoms with van der Waals surface area (Å²) in [4.78, 5) is 13.0. The van der Waals surface area contributed by atoms with Gasteiger partial charge < -0.3 is 11.1 Å². The fourth-order valence-electron chi connectivity index (χ4n) is 1.55. The lowest BCUT2D eigenvalue weighted by Gasteiger charge is -2.10. The molecule has 0 aromatic heterocycles. The van der Waals surface area contributed by atoms with Crippen LogP contribution in [-0.4, -0.2) is 11.7 Å². The van der Waals surface area contributed by atoms with Crippen molar-refractivity contribution in [2.45, 2.75) is 4.90 Å². The summed E-state index contributed by atoms with van der Waals surface area (Å²) >= 11 is 8.28. The molecule has 0 saturated carbocycles. The number of nitrogens with two attached hydrogens (primary N) is 1. The Bertz CT molecular complexity index is 597. The van der Waals surface area contributed by atoms with Gasteiger partial charge in [-0.05, 0) is 56.1 Å². The summed E-state index contributed by atoms with van der Waals surface area (Å²) in [5, 5.41) is 2.87. The lowest BCUT2D eigenvalue weighted by atomic mass is 10.3.